The molecule has 0 aliphatic carbocycles. The molecule has 0 saturated carbocycles. The van der Waals surface area contributed by atoms with Crippen LogP contribution in [0.15, 0.2) is 36.4 Å². The summed E-state index contributed by atoms with van der Waals surface area (Å²) in [5.41, 5.74) is 16.2. The van der Waals surface area contributed by atoms with Crippen molar-refractivity contribution in [3.8, 4) is 11.4 Å². The molecule has 2 aromatic carbocycles. The van der Waals surface area contributed by atoms with E-state index in [0.29, 0.717) is 60.9 Å². The van der Waals surface area contributed by atoms with E-state index in [0.717, 1.165) is 21.9 Å². The maximum atomic E-state index is 14.7. The fourth-order valence-electron chi connectivity index (χ4n) is 7.87. The minimum atomic E-state index is -0.737. The number of benzene rings is 2. The summed E-state index contributed by atoms with van der Waals surface area (Å²) in [6, 6.07) is 6.58. The number of nitrogens with zero attached hydrogens (tertiary/aromatic N) is 2. The zero-order valence-electron chi connectivity index (χ0n) is 29.8. The maximum absolute atomic E-state index is 14.7. The van der Waals surface area contributed by atoms with Crippen molar-refractivity contribution in [3.05, 3.63) is 59.2 Å². The molecule has 2 amide bonds. The van der Waals surface area contributed by atoms with Crippen molar-refractivity contribution in [1.82, 2.24) is 19.8 Å². The fourth-order valence-corrected chi connectivity index (χ4v) is 7.87. The van der Waals surface area contributed by atoms with Crippen LogP contribution in [0.25, 0.3) is 33.2 Å². The van der Waals surface area contributed by atoms with Crippen LogP contribution in [-0.4, -0.2) is 93.0 Å². The van der Waals surface area contributed by atoms with Crippen molar-refractivity contribution in [1.29, 1.82) is 0 Å². The van der Waals surface area contributed by atoms with Gasteiger partial charge in [0.25, 0.3) is 0 Å². The van der Waals surface area contributed by atoms with E-state index < -0.39 is 59.9 Å². The van der Waals surface area contributed by atoms with Crippen LogP contribution in [0, 0.1) is 11.6 Å². The van der Waals surface area contributed by atoms with Crippen LogP contribution in [0.2, 0.25) is 0 Å². The van der Waals surface area contributed by atoms with E-state index in [4.69, 9.17) is 20.9 Å². The van der Waals surface area contributed by atoms with Crippen molar-refractivity contribution in [2.45, 2.75) is 103 Å². The third kappa shape index (κ3) is 7.40. The second kappa shape index (κ2) is 15.0. The summed E-state index contributed by atoms with van der Waals surface area (Å²) < 4.78 is 40.5. The average Bonchev–Trinajstić information content (AvgIpc) is 3.86. The molecule has 278 valence electrons. The molecular weight excluding hydrogens is 674 g/mol. The van der Waals surface area contributed by atoms with Gasteiger partial charge in [-0.05, 0) is 73.2 Å². The third-order valence-electron chi connectivity index (χ3n) is 10.4. The second-order valence-corrected chi connectivity index (χ2v) is 14.0. The molecule has 2 aliphatic rings. The number of H-pyrrole nitrogens is 2. The Morgan fingerprint density at radius 1 is 0.731 bits per heavy atom. The highest BCUT2D eigenvalue weighted by molar-refractivity contribution is 5.96. The SMILES string of the molecule is CC[C@H](N)C(=O)N1C[C@@H](OC(C)=O)CC1Cc1c(-c2[nH]c3cc(F)ccc3c2C[C@@H]2C[C@H](OC(C)=O)CN2C(=O)[C@@H](N)CC)[nH]c2cc(F)ccc12. The van der Waals surface area contributed by atoms with E-state index in [1.54, 1.807) is 21.9 Å². The Balaban J connectivity index is 1.47. The number of carbonyl (C=O) groups is 4. The smallest absolute Gasteiger partial charge is 0.302 e. The zero-order chi connectivity index (χ0) is 37.4. The number of nitrogens with two attached hydrogens (primary N) is 2. The van der Waals surface area contributed by atoms with E-state index in [2.05, 4.69) is 9.97 Å². The van der Waals surface area contributed by atoms with Crippen molar-refractivity contribution in [2.24, 2.45) is 11.5 Å². The first-order chi connectivity index (χ1) is 24.8. The highest BCUT2D eigenvalue weighted by Crippen LogP contribution is 2.40. The van der Waals surface area contributed by atoms with E-state index in [1.807, 2.05) is 13.8 Å². The number of rotatable bonds is 11. The number of esters is 2. The summed E-state index contributed by atoms with van der Waals surface area (Å²) in [6.07, 6.45) is 1.14. The van der Waals surface area contributed by atoms with Crippen molar-refractivity contribution < 1.29 is 37.4 Å². The lowest BCUT2D eigenvalue weighted by Gasteiger charge is -2.27. The minimum absolute atomic E-state index is 0.189. The zero-order valence-corrected chi connectivity index (χ0v) is 29.8. The third-order valence-corrected chi connectivity index (χ3v) is 10.4. The Morgan fingerprint density at radius 3 is 1.46 bits per heavy atom. The monoisotopic (exact) mass is 720 g/mol. The molecule has 2 saturated heterocycles. The topological polar surface area (TPSA) is 177 Å². The molecule has 6 N–H and O–H groups in total. The van der Waals surface area contributed by atoms with Crippen molar-refractivity contribution in [2.75, 3.05) is 13.1 Å². The summed E-state index contributed by atoms with van der Waals surface area (Å²) in [5.74, 6) is -2.31. The molecule has 14 heteroatoms. The Morgan fingerprint density at radius 2 is 1.12 bits per heavy atom. The van der Waals surface area contributed by atoms with Gasteiger partial charge < -0.3 is 40.7 Å². The number of carbonyl (C=O) groups excluding carboxylic acids is 4. The van der Waals surface area contributed by atoms with Crippen LogP contribution in [-0.2, 0) is 41.5 Å². The van der Waals surface area contributed by atoms with Gasteiger partial charge >= 0.3 is 11.9 Å². The normalized spacial score (nSPS) is 21.5. The Labute approximate surface area is 300 Å². The predicted molar refractivity (Wildman–Crippen MR) is 191 cm³/mol. The molecule has 2 aromatic heterocycles. The number of hydrogen-bond acceptors (Lipinski definition) is 8. The van der Waals surface area contributed by atoms with Gasteiger partial charge in [0.2, 0.25) is 11.8 Å². The van der Waals surface area contributed by atoms with Gasteiger partial charge in [0, 0.05) is 60.6 Å². The van der Waals surface area contributed by atoms with Crippen LogP contribution in [0.4, 0.5) is 8.78 Å². The number of amides is 2. The molecule has 52 heavy (non-hydrogen) atoms. The minimum Gasteiger partial charge on any atom is -0.461 e. The van der Waals surface area contributed by atoms with Gasteiger partial charge in [-0.15, -0.1) is 0 Å². The molecule has 0 radical (unpaired) electrons. The lowest BCUT2D eigenvalue weighted by atomic mass is 9.94. The predicted octanol–water partition coefficient (Wildman–Crippen LogP) is 4.22. The average molecular weight is 721 g/mol. The Kier molecular flexibility index (Phi) is 10.7. The van der Waals surface area contributed by atoms with Gasteiger partial charge in [0.1, 0.15) is 23.8 Å². The summed E-state index contributed by atoms with van der Waals surface area (Å²) in [5, 5.41) is 1.44. The summed E-state index contributed by atoms with van der Waals surface area (Å²) in [4.78, 5) is 61.1. The quantitative estimate of drug-likeness (QED) is 0.167. The highest BCUT2D eigenvalue weighted by Gasteiger charge is 2.41. The number of ether oxygens (including phenoxy) is 2. The van der Waals surface area contributed by atoms with Gasteiger partial charge in [-0.3, -0.25) is 19.2 Å². The molecule has 6 rings (SSSR count). The van der Waals surface area contributed by atoms with Gasteiger partial charge in [-0.25, -0.2) is 8.78 Å². The number of likely N-dealkylation sites (tertiary alicyclic amines) is 2. The van der Waals surface area contributed by atoms with E-state index in [-0.39, 0.29) is 24.9 Å². The number of aromatic amines is 2. The number of halogens is 2. The largest absolute Gasteiger partial charge is 0.461 e. The van der Waals surface area contributed by atoms with Crippen LogP contribution in [0.3, 0.4) is 0 Å². The molecule has 2 aliphatic heterocycles. The fraction of sp³-hybridized carbons (Fsp3) is 0.474. The van der Waals surface area contributed by atoms with E-state index in [9.17, 15) is 28.0 Å². The van der Waals surface area contributed by atoms with Crippen molar-refractivity contribution in [3.63, 3.8) is 0 Å². The molecule has 1 unspecified atom stereocenters. The van der Waals surface area contributed by atoms with Gasteiger partial charge in [0.15, 0.2) is 0 Å². The van der Waals surface area contributed by atoms with Crippen molar-refractivity contribution >= 4 is 45.6 Å². The van der Waals surface area contributed by atoms with Crippen LogP contribution in [0.5, 0.6) is 0 Å². The van der Waals surface area contributed by atoms with Crippen LogP contribution >= 0.6 is 0 Å². The highest BCUT2D eigenvalue weighted by atomic mass is 19.1. The molecule has 4 heterocycles. The lowest BCUT2D eigenvalue weighted by molar-refractivity contribution is -0.147. The standard InChI is InChI=1S/C38H46F2N6O6/c1-5-31(41)37(49)45-17-25(51-19(3)47)13-23(45)15-29-27-9-7-21(39)11-33(27)43-35(29)36-30(28-10-8-22(40)12-34(28)44-36)16-24-14-26(52-20(4)48)18-46(24)38(50)32(42)6-2/h7-12,23-26,31-32,43-44H,5-6,13-18,41-42H2,1-4H3/t23-,24?,25-,26-,31-,32-/m0/s1. The molecular formula is C38H46F2N6O6. The molecule has 4 aromatic rings. The first-order valence-corrected chi connectivity index (χ1v) is 17.8. The van der Waals surface area contributed by atoms with Crippen LogP contribution < -0.4 is 11.5 Å². The number of aromatic nitrogens is 2. The summed E-state index contributed by atoms with van der Waals surface area (Å²) >= 11 is 0. The molecule has 2 fully saturated rings. The number of hydrogen-bond donors (Lipinski definition) is 4. The summed E-state index contributed by atoms with van der Waals surface area (Å²) in [7, 11) is 0. The van der Waals surface area contributed by atoms with Crippen LogP contribution in [0.1, 0.15) is 64.5 Å². The molecule has 0 bridgehead atoms. The number of nitrogens with one attached hydrogen (secondary N) is 2. The van der Waals surface area contributed by atoms with E-state index in [1.165, 1.54) is 38.1 Å². The van der Waals surface area contributed by atoms with E-state index >= 15 is 0 Å². The summed E-state index contributed by atoms with van der Waals surface area (Å²) in [6.45, 7) is 6.69. The molecule has 0 spiro atoms. The second-order valence-electron chi connectivity index (χ2n) is 14.0. The Hall–Kier alpha value is -4.82. The van der Waals surface area contributed by atoms with Gasteiger partial charge in [0.05, 0.1) is 36.6 Å². The Bertz CT molecular complexity index is 1870. The first-order valence-electron chi connectivity index (χ1n) is 17.8. The number of fused-ring (bicyclic) bond motifs is 2. The first kappa shape index (κ1) is 37.0. The molecule has 12 nitrogen and oxygen atoms in total. The molecule has 6 atom stereocenters. The van der Waals surface area contributed by atoms with Gasteiger partial charge in [-0.1, -0.05) is 13.8 Å². The lowest BCUT2D eigenvalue weighted by Crippen LogP contribution is -2.46. The van der Waals surface area contributed by atoms with Gasteiger partial charge in [-0.2, -0.15) is 0 Å². The maximum Gasteiger partial charge on any atom is 0.302 e.